The molecule has 0 radical (unpaired) electrons. The van der Waals surface area contributed by atoms with Crippen LogP contribution in [-0.2, 0) is 16.1 Å². The van der Waals surface area contributed by atoms with E-state index in [0.717, 1.165) is 0 Å². The summed E-state index contributed by atoms with van der Waals surface area (Å²) in [4.78, 5) is 24.5. The minimum absolute atomic E-state index is 0.0849. The van der Waals surface area contributed by atoms with Crippen LogP contribution >= 0.6 is 0 Å². The van der Waals surface area contributed by atoms with Crippen LogP contribution in [-0.4, -0.2) is 49.9 Å². The number of benzene rings is 3. The van der Waals surface area contributed by atoms with Crippen LogP contribution in [0.5, 0.6) is 17.2 Å². The van der Waals surface area contributed by atoms with Crippen molar-refractivity contribution >= 4 is 18.2 Å². The molecular formula is C31H33FN4O7. The van der Waals surface area contributed by atoms with Crippen LogP contribution in [0.3, 0.4) is 0 Å². The van der Waals surface area contributed by atoms with Crippen LogP contribution in [0.2, 0.25) is 0 Å². The minimum atomic E-state index is -1.16. The van der Waals surface area contributed by atoms with Crippen LogP contribution < -0.4 is 30.3 Å². The molecule has 11 nitrogen and oxygen atoms in total. The number of aliphatic hydroxyl groups excluding tert-OH is 1. The summed E-state index contributed by atoms with van der Waals surface area (Å²) in [5.41, 5.74) is 4.96. The molecule has 2 atom stereocenters. The monoisotopic (exact) mass is 592 g/mol. The maximum absolute atomic E-state index is 13.8. The summed E-state index contributed by atoms with van der Waals surface area (Å²) >= 11 is 0. The van der Waals surface area contributed by atoms with Gasteiger partial charge < -0.3 is 34.7 Å². The highest BCUT2D eigenvalue weighted by Gasteiger charge is 2.32. The van der Waals surface area contributed by atoms with Crippen LogP contribution in [0.4, 0.5) is 9.18 Å². The Bertz CT molecular complexity index is 1510. The fourth-order valence-corrected chi connectivity index (χ4v) is 4.28. The van der Waals surface area contributed by atoms with Gasteiger partial charge in [-0.3, -0.25) is 5.43 Å². The number of urea groups is 1. The molecule has 43 heavy (non-hydrogen) atoms. The zero-order valence-electron chi connectivity index (χ0n) is 23.9. The molecule has 12 heteroatoms. The van der Waals surface area contributed by atoms with Gasteiger partial charge in [-0.1, -0.05) is 36.4 Å². The van der Waals surface area contributed by atoms with Crippen molar-refractivity contribution in [3.05, 3.63) is 101 Å². The molecule has 0 fully saturated rings. The number of hydrogen-bond donors (Lipinski definition) is 4. The molecule has 2 amide bonds. The predicted octanol–water partition coefficient (Wildman–Crippen LogP) is 3.93. The second kappa shape index (κ2) is 14.7. The Morgan fingerprint density at radius 3 is 2.67 bits per heavy atom. The zero-order valence-corrected chi connectivity index (χ0v) is 23.9. The molecule has 1 aliphatic rings. The molecule has 0 saturated heterocycles. The van der Waals surface area contributed by atoms with Crippen LogP contribution in [0, 0.1) is 5.82 Å². The Hall–Kier alpha value is -5.10. The van der Waals surface area contributed by atoms with Crippen molar-refractivity contribution in [2.75, 3.05) is 20.3 Å². The van der Waals surface area contributed by atoms with Crippen molar-refractivity contribution < 1.29 is 38.0 Å². The van der Waals surface area contributed by atoms with Crippen molar-refractivity contribution in [2.24, 2.45) is 5.10 Å². The summed E-state index contributed by atoms with van der Waals surface area (Å²) in [6, 6.07) is 17.2. The van der Waals surface area contributed by atoms with Crippen molar-refractivity contribution in [3.8, 4) is 17.2 Å². The number of rotatable bonds is 13. The Balaban J connectivity index is 1.36. The third kappa shape index (κ3) is 8.23. The lowest BCUT2D eigenvalue weighted by Gasteiger charge is -2.28. The number of halogens is 1. The maximum atomic E-state index is 13.8. The van der Waals surface area contributed by atoms with E-state index in [9.17, 15) is 19.1 Å². The van der Waals surface area contributed by atoms with Crippen molar-refractivity contribution in [3.63, 3.8) is 0 Å². The van der Waals surface area contributed by atoms with E-state index in [-0.39, 0.29) is 24.6 Å². The van der Waals surface area contributed by atoms with Crippen molar-refractivity contribution in [2.45, 2.75) is 32.7 Å². The Labute approximate surface area is 248 Å². The van der Waals surface area contributed by atoms with E-state index in [0.29, 0.717) is 46.2 Å². The fourth-order valence-electron chi connectivity index (χ4n) is 4.28. The van der Waals surface area contributed by atoms with Crippen molar-refractivity contribution in [1.82, 2.24) is 16.1 Å². The molecule has 0 saturated carbocycles. The van der Waals surface area contributed by atoms with Gasteiger partial charge in [0.05, 0.1) is 31.5 Å². The summed E-state index contributed by atoms with van der Waals surface area (Å²) in [6.07, 6.45) is 0.340. The topological polar surface area (TPSA) is 140 Å². The molecule has 0 bridgehead atoms. The van der Waals surface area contributed by atoms with Gasteiger partial charge in [-0.05, 0) is 55.3 Å². The summed E-state index contributed by atoms with van der Waals surface area (Å²) in [6.45, 7) is 3.66. The first-order chi connectivity index (χ1) is 20.8. The van der Waals surface area contributed by atoms with Gasteiger partial charge in [-0.15, -0.1) is 0 Å². The number of hydrogen-bond acceptors (Lipinski definition) is 9. The second-order valence-electron chi connectivity index (χ2n) is 9.37. The SMILES string of the molecule is CCOc1cc([C@@H]2NC(=O)NC(C)=C2C(=O)OC)ccc1OC[C@@H](O)N/N=C/c1cccc(OCc2ccccc2F)c1. The quantitative estimate of drug-likeness (QED) is 0.101. The van der Waals surface area contributed by atoms with Gasteiger partial charge in [-0.25, -0.2) is 14.0 Å². The van der Waals surface area contributed by atoms with Gasteiger partial charge in [0.2, 0.25) is 0 Å². The smallest absolute Gasteiger partial charge is 0.337 e. The summed E-state index contributed by atoms with van der Waals surface area (Å²) < 4.78 is 35.9. The molecule has 0 spiro atoms. The minimum Gasteiger partial charge on any atom is -0.490 e. The van der Waals surface area contributed by atoms with Crippen LogP contribution in [0.1, 0.15) is 36.6 Å². The normalized spacial score (nSPS) is 15.4. The Morgan fingerprint density at radius 2 is 1.91 bits per heavy atom. The predicted molar refractivity (Wildman–Crippen MR) is 156 cm³/mol. The van der Waals surface area contributed by atoms with Gasteiger partial charge in [0.1, 0.15) is 24.8 Å². The molecule has 3 aromatic carbocycles. The number of hydrazone groups is 1. The highest BCUT2D eigenvalue weighted by molar-refractivity contribution is 5.95. The van der Waals surface area contributed by atoms with Gasteiger partial charge in [0.15, 0.2) is 17.7 Å². The first kappa shape index (κ1) is 30.8. The number of ether oxygens (including phenoxy) is 4. The van der Waals surface area contributed by atoms with E-state index in [4.69, 9.17) is 18.9 Å². The number of nitrogens with one attached hydrogen (secondary N) is 3. The number of esters is 1. The second-order valence-corrected chi connectivity index (χ2v) is 9.37. The first-order valence-corrected chi connectivity index (χ1v) is 13.5. The number of carbonyl (C=O) groups excluding carboxylic acids is 2. The molecule has 0 unspecified atom stereocenters. The zero-order chi connectivity index (χ0) is 30.8. The highest BCUT2D eigenvalue weighted by Crippen LogP contribution is 2.35. The number of methoxy groups -OCH3 is 1. The standard InChI is InChI=1S/C31H33FN4O7/c1-4-41-26-15-21(29-28(30(38)40-3)19(2)34-31(39)35-29)12-13-25(26)43-18-27(37)36-33-16-20-8-7-10-23(14-20)42-17-22-9-5-6-11-24(22)32/h5-16,27,29,36-37H,4,17-18H2,1-3H3,(H2,34,35,39)/b33-16+/t27-,29+/m1/s1. The molecule has 4 rings (SSSR count). The van der Waals surface area contributed by atoms with E-state index in [1.54, 1.807) is 74.5 Å². The number of aliphatic hydroxyl groups is 1. The lowest BCUT2D eigenvalue weighted by molar-refractivity contribution is -0.136. The molecule has 1 aliphatic heterocycles. The number of nitrogens with zero attached hydrogens (tertiary/aromatic N) is 1. The van der Waals surface area contributed by atoms with E-state index >= 15 is 0 Å². The summed E-state index contributed by atoms with van der Waals surface area (Å²) in [5.74, 6) is 0.328. The molecule has 1 heterocycles. The Morgan fingerprint density at radius 1 is 1.09 bits per heavy atom. The lowest BCUT2D eigenvalue weighted by atomic mass is 9.95. The molecule has 226 valence electrons. The largest absolute Gasteiger partial charge is 0.490 e. The first-order valence-electron chi connectivity index (χ1n) is 13.5. The third-order valence-corrected chi connectivity index (χ3v) is 6.32. The van der Waals surface area contributed by atoms with E-state index in [2.05, 4.69) is 21.2 Å². The van der Waals surface area contributed by atoms with Crippen molar-refractivity contribution in [1.29, 1.82) is 0 Å². The van der Waals surface area contributed by atoms with Gasteiger partial charge in [0.25, 0.3) is 0 Å². The summed E-state index contributed by atoms with van der Waals surface area (Å²) in [5, 5.41) is 19.7. The molecular weight excluding hydrogens is 559 g/mol. The van der Waals surface area contributed by atoms with Gasteiger partial charge in [0, 0.05) is 11.3 Å². The number of carbonyl (C=O) groups is 2. The van der Waals surface area contributed by atoms with E-state index in [1.165, 1.54) is 19.4 Å². The lowest BCUT2D eigenvalue weighted by Crippen LogP contribution is -2.45. The summed E-state index contributed by atoms with van der Waals surface area (Å²) in [7, 11) is 1.27. The highest BCUT2D eigenvalue weighted by atomic mass is 19.1. The van der Waals surface area contributed by atoms with Gasteiger partial charge >= 0.3 is 12.0 Å². The average molecular weight is 593 g/mol. The van der Waals surface area contributed by atoms with Gasteiger partial charge in [-0.2, -0.15) is 5.10 Å². The molecule has 3 aromatic rings. The van der Waals surface area contributed by atoms with Crippen LogP contribution in [0.25, 0.3) is 0 Å². The molecule has 0 aliphatic carbocycles. The van der Waals surface area contributed by atoms with E-state index in [1.807, 2.05) is 0 Å². The number of amides is 2. The van der Waals surface area contributed by atoms with Crippen LogP contribution in [0.15, 0.2) is 83.1 Å². The number of allylic oxidation sites excluding steroid dienone is 1. The molecule has 0 aromatic heterocycles. The average Bonchev–Trinajstić information content (AvgIpc) is 2.99. The van der Waals surface area contributed by atoms with E-state index < -0.39 is 24.3 Å². The molecule has 4 N–H and O–H groups in total. The fraction of sp³-hybridized carbons (Fsp3) is 0.258. The Kier molecular flexibility index (Phi) is 10.5. The maximum Gasteiger partial charge on any atom is 0.337 e. The third-order valence-electron chi connectivity index (χ3n) is 6.32.